The largest absolute Gasteiger partial charge is 0.395 e. The minimum Gasteiger partial charge on any atom is -0.395 e. The standard InChI is InChI=1S/C11H11N3OS.H3N/c1-2-4-10(5-3-1)11(8-16-9-12-11)14-6-7-15-13-14;/h1-7,9,13H,8H2;1H3. The van der Waals surface area contributed by atoms with Crippen molar-refractivity contribution in [2.45, 2.75) is 5.66 Å². The maximum atomic E-state index is 5.03. The van der Waals surface area contributed by atoms with Gasteiger partial charge in [0.15, 0.2) is 5.66 Å². The van der Waals surface area contributed by atoms with Crippen LogP contribution in [-0.4, -0.2) is 16.3 Å². The summed E-state index contributed by atoms with van der Waals surface area (Å²) in [5.74, 6) is 0.873. The van der Waals surface area contributed by atoms with Crippen LogP contribution in [0.1, 0.15) is 5.56 Å². The second-order valence-electron chi connectivity index (χ2n) is 3.59. The maximum Gasteiger partial charge on any atom is 0.184 e. The Bertz CT molecular complexity index is 436. The van der Waals surface area contributed by atoms with Crippen LogP contribution >= 0.6 is 11.8 Å². The van der Waals surface area contributed by atoms with Gasteiger partial charge in [-0.3, -0.25) is 4.99 Å². The van der Waals surface area contributed by atoms with Crippen molar-refractivity contribution in [3.63, 3.8) is 0 Å². The normalized spacial score (nSPS) is 25.8. The van der Waals surface area contributed by atoms with Gasteiger partial charge in [-0.1, -0.05) is 35.9 Å². The van der Waals surface area contributed by atoms with Crippen molar-refractivity contribution >= 4 is 17.3 Å². The number of nitrogens with one attached hydrogen (secondary N) is 1. The van der Waals surface area contributed by atoms with Crippen molar-refractivity contribution in [3.05, 3.63) is 48.4 Å². The molecule has 17 heavy (non-hydrogen) atoms. The van der Waals surface area contributed by atoms with Gasteiger partial charge in [0.2, 0.25) is 0 Å². The summed E-state index contributed by atoms with van der Waals surface area (Å²) in [6.07, 6.45) is 3.47. The fourth-order valence-corrected chi connectivity index (χ4v) is 2.79. The molecule has 0 fully saturated rings. The first-order chi connectivity index (χ1) is 7.92. The first-order valence-electron chi connectivity index (χ1n) is 5.00. The Morgan fingerprint density at radius 2 is 2.18 bits per heavy atom. The summed E-state index contributed by atoms with van der Waals surface area (Å²) in [5, 5.41) is 1.89. The molecule has 0 aromatic heterocycles. The molecule has 0 bridgehead atoms. The zero-order valence-electron chi connectivity index (χ0n) is 9.24. The number of benzene rings is 1. The molecular weight excluding hydrogens is 236 g/mol. The third kappa shape index (κ3) is 1.90. The van der Waals surface area contributed by atoms with Crippen molar-refractivity contribution in [2.24, 2.45) is 4.99 Å². The van der Waals surface area contributed by atoms with Crippen LogP contribution in [0.3, 0.4) is 0 Å². The molecule has 2 aliphatic heterocycles. The van der Waals surface area contributed by atoms with Crippen LogP contribution < -0.4 is 11.7 Å². The van der Waals surface area contributed by atoms with Gasteiger partial charge in [-0.2, -0.15) is 0 Å². The van der Waals surface area contributed by atoms with Gasteiger partial charge in [0.05, 0.1) is 11.7 Å². The molecule has 0 aliphatic carbocycles. The third-order valence-electron chi connectivity index (χ3n) is 2.69. The Hall–Kier alpha value is -1.50. The number of nitrogens with zero attached hydrogens (tertiary/aromatic N) is 2. The van der Waals surface area contributed by atoms with E-state index in [-0.39, 0.29) is 11.8 Å². The Morgan fingerprint density at radius 1 is 1.35 bits per heavy atom. The van der Waals surface area contributed by atoms with Gasteiger partial charge in [-0.25, -0.2) is 5.01 Å². The van der Waals surface area contributed by atoms with E-state index >= 15 is 0 Å². The third-order valence-corrected chi connectivity index (χ3v) is 3.51. The van der Waals surface area contributed by atoms with Crippen LogP contribution in [0.15, 0.2) is 47.8 Å². The molecule has 6 heteroatoms. The summed E-state index contributed by atoms with van der Waals surface area (Å²) in [7, 11) is 0. The van der Waals surface area contributed by atoms with E-state index < -0.39 is 0 Å². The van der Waals surface area contributed by atoms with Crippen LogP contribution in [0.2, 0.25) is 0 Å². The Kier molecular flexibility index (Phi) is 3.37. The van der Waals surface area contributed by atoms with Crippen molar-refractivity contribution in [3.8, 4) is 0 Å². The number of thioether (sulfide) groups is 1. The zero-order chi connectivity index (χ0) is 10.8. The molecule has 3 rings (SSSR count). The highest BCUT2D eigenvalue weighted by atomic mass is 32.2. The molecule has 2 aliphatic rings. The van der Waals surface area contributed by atoms with E-state index in [0.717, 1.165) is 11.3 Å². The summed E-state index contributed by atoms with van der Waals surface area (Å²) in [5.41, 5.74) is 5.48. The lowest BCUT2D eigenvalue weighted by Crippen LogP contribution is -2.47. The van der Waals surface area contributed by atoms with E-state index in [1.165, 1.54) is 0 Å². The molecule has 0 spiro atoms. The Balaban J connectivity index is 0.00000108. The molecule has 1 unspecified atom stereocenters. The zero-order valence-corrected chi connectivity index (χ0v) is 10.1. The van der Waals surface area contributed by atoms with Gasteiger partial charge in [-0.15, -0.1) is 11.8 Å². The van der Waals surface area contributed by atoms with E-state index in [4.69, 9.17) is 4.84 Å². The SMILES string of the molecule is C1=CN(C2(c3ccccc3)CSC=N2)NO1.N. The average molecular weight is 250 g/mol. The van der Waals surface area contributed by atoms with Gasteiger partial charge in [0, 0.05) is 11.3 Å². The van der Waals surface area contributed by atoms with Gasteiger partial charge in [0.25, 0.3) is 0 Å². The number of aliphatic imine (C=N–C) groups is 1. The molecule has 1 atom stereocenters. The van der Waals surface area contributed by atoms with Crippen LogP contribution in [0.4, 0.5) is 0 Å². The van der Waals surface area contributed by atoms with E-state index in [9.17, 15) is 0 Å². The summed E-state index contributed by atoms with van der Waals surface area (Å²) in [6.45, 7) is 0. The van der Waals surface area contributed by atoms with E-state index in [0.29, 0.717) is 0 Å². The summed E-state index contributed by atoms with van der Waals surface area (Å²) in [6, 6.07) is 10.2. The Labute approximate surface area is 104 Å². The van der Waals surface area contributed by atoms with E-state index in [1.54, 1.807) is 18.0 Å². The van der Waals surface area contributed by atoms with Crippen molar-refractivity contribution < 1.29 is 4.84 Å². The minimum atomic E-state index is -0.390. The molecule has 0 amide bonds. The molecular formula is C11H14N4OS. The molecule has 90 valence electrons. The highest BCUT2D eigenvalue weighted by Crippen LogP contribution is 2.37. The lowest BCUT2D eigenvalue weighted by Gasteiger charge is -2.34. The van der Waals surface area contributed by atoms with Gasteiger partial charge in [0.1, 0.15) is 6.26 Å². The molecule has 5 nitrogen and oxygen atoms in total. The predicted molar refractivity (Wildman–Crippen MR) is 69.3 cm³/mol. The minimum absolute atomic E-state index is 0. The van der Waals surface area contributed by atoms with Crippen molar-refractivity contribution in [1.29, 1.82) is 0 Å². The second-order valence-corrected chi connectivity index (χ2v) is 4.43. The molecule has 2 heterocycles. The molecule has 1 aromatic rings. The van der Waals surface area contributed by atoms with Gasteiger partial charge in [-0.05, 0) is 0 Å². The molecule has 0 radical (unpaired) electrons. The maximum absolute atomic E-state index is 5.03. The number of hydrazine groups is 1. The topological polar surface area (TPSA) is 71.9 Å². The lowest BCUT2D eigenvalue weighted by atomic mass is 10.0. The van der Waals surface area contributed by atoms with Crippen molar-refractivity contribution in [2.75, 3.05) is 5.75 Å². The van der Waals surface area contributed by atoms with Gasteiger partial charge >= 0.3 is 0 Å². The summed E-state index contributed by atoms with van der Waals surface area (Å²) >= 11 is 1.70. The monoisotopic (exact) mass is 250 g/mol. The first-order valence-corrected chi connectivity index (χ1v) is 6.05. The van der Waals surface area contributed by atoms with Crippen LogP contribution in [0.5, 0.6) is 0 Å². The number of hydrogen-bond acceptors (Lipinski definition) is 6. The fraction of sp³-hybridized carbons (Fsp3) is 0.182. The highest BCUT2D eigenvalue weighted by molar-refractivity contribution is 8.12. The number of rotatable bonds is 2. The Morgan fingerprint density at radius 3 is 2.76 bits per heavy atom. The lowest BCUT2D eigenvalue weighted by molar-refractivity contribution is -0.0228. The summed E-state index contributed by atoms with van der Waals surface area (Å²) < 4.78 is 0. The second kappa shape index (κ2) is 4.79. The highest BCUT2D eigenvalue weighted by Gasteiger charge is 2.40. The molecule has 4 N–H and O–H groups in total. The first kappa shape index (κ1) is 12.0. The summed E-state index contributed by atoms with van der Waals surface area (Å²) in [4.78, 5) is 9.62. The predicted octanol–water partition coefficient (Wildman–Crippen LogP) is 2.00. The van der Waals surface area contributed by atoms with Crippen LogP contribution in [0.25, 0.3) is 0 Å². The smallest absolute Gasteiger partial charge is 0.184 e. The fourth-order valence-electron chi connectivity index (χ4n) is 1.86. The van der Waals surface area contributed by atoms with Crippen LogP contribution in [-0.2, 0) is 10.5 Å². The quantitative estimate of drug-likeness (QED) is 0.840. The van der Waals surface area contributed by atoms with E-state index in [2.05, 4.69) is 22.7 Å². The molecule has 0 saturated carbocycles. The average Bonchev–Trinajstić information content (AvgIpc) is 3.02. The molecule has 0 saturated heterocycles. The molecule has 1 aromatic carbocycles. The van der Waals surface area contributed by atoms with Crippen LogP contribution in [0, 0.1) is 0 Å². The van der Waals surface area contributed by atoms with E-state index in [1.807, 2.05) is 35.0 Å². The van der Waals surface area contributed by atoms with Gasteiger partial charge < -0.3 is 11.0 Å². The van der Waals surface area contributed by atoms with Crippen molar-refractivity contribution in [1.82, 2.24) is 16.7 Å². The number of hydrogen-bond donors (Lipinski definition) is 2.